The third-order valence-electron chi connectivity index (χ3n) is 3.84. The van der Waals surface area contributed by atoms with Gasteiger partial charge in [-0.2, -0.15) is 0 Å². The van der Waals surface area contributed by atoms with Crippen LogP contribution in [0.2, 0.25) is 0 Å². The Hall–Kier alpha value is -2.09. The molecule has 1 atom stereocenters. The van der Waals surface area contributed by atoms with Gasteiger partial charge in [0.05, 0.1) is 5.71 Å². The number of aryl methyl sites for hydroxylation is 3. The van der Waals surface area contributed by atoms with E-state index in [1.54, 1.807) is 0 Å². The van der Waals surface area contributed by atoms with Crippen LogP contribution in [-0.4, -0.2) is 5.71 Å². The van der Waals surface area contributed by atoms with Crippen molar-refractivity contribution in [3.63, 3.8) is 0 Å². The molecule has 20 heavy (non-hydrogen) atoms. The average molecular weight is 265 g/mol. The summed E-state index contributed by atoms with van der Waals surface area (Å²) < 4.78 is 0. The maximum absolute atomic E-state index is 5.70. The fraction of sp³-hybridized carbons (Fsp3) is 0.278. The summed E-state index contributed by atoms with van der Waals surface area (Å²) in [6, 6.07) is 14.7. The van der Waals surface area contributed by atoms with E-state index in [0.717, 1.165) is 17.7 Å². The van der Waals surface area contributed by atoms with Crippen LogP contribution in [0, 0.1) is 20.8 Å². The summed E-state index contributed by atoms with van der Waals surface area (Å²) in [5, 5.41) is 4.29. The molecule has 2 aromatic carbocycles. The van der Waals surface area contributed by atoms with E-state index < -0.39 is 0 Å². The second-order valence-electron chi connectivity index (χ2n) is 5.51. The van der Waals surface area contributed by atoms with Gasteiger partial charge in [-0.15, -0.1) is 0 Å². The van der Waals surface area contributed by atoms with Crippen LogP contribution in [0.3, 0.4) is 0 Å². The summed E-state index contributed by atoms with van der Waals surface area (Å²) in [4.78, 5) is 5.70. The Bertz CT molecular complexity index is 635. The van der Waals surface area contributed by atoms with Crippen molar-refractivity contribution in [3.05, 3.63) is 70.3 Å². The molecule has 0 radical (unpaired) electrons. The molecule has 0 fully saturated rings. The Labute approximate surface area is 120 Å². The van der Waals surface area contributed by atoms with Gasteiger partial charge in [-0.3, -0.25) is 0 Å². The summed E-state index contributed by atoms with van der Waals surface area (Å²) in [5.74, 6) is 0. The first-order chi connectivity index (χ1) is 9.65. The molecule has 0 bridgehead atoms. The minimum absolute atomic E-state index is 0.0470. The molecule has 1 aliphatic heterocycles. The highest BCUT2D eigenvalue weighted by molar-refractivity contribution is 6.01. The number of hydrogen-bond donors (Lipinski definition) is 0. The molecule has 0 aromatic heterocycles. The highest BCUT2D eigenvalue weighted by Crippen LogP contribution is 2.34. The zero-order chi connectivity index (χ0) is 14.1. The largest absolute Gasteiger partial charge is 0.387 e. The maximum Gasteiger partial charge on any atom is 0.158 e. The second kappa shape index (κ2) is 5.12. The van der Waals surface area contributed by atoms with Crippen LogP contribution in [0.5, 0.6) is 0 Å². The fourth-order valence-electron chi connectivity index (χ4n) is 3.03. The highest BCUT2D eigenvalue weighted by atomic mass is 16.6. The molecule has 1 heterocycles. The van der Waals surface area contributed by atoms with E-state index in [2.05, 4.69) is 50.2 Å². The first-order valence-electron chi connectivity index (χ1n) is 7.01. The molecule has 2 nitrogen and oxygen atoms in total. The van der Waals surface area contributed by atoms with Crippen LogP contribution < -0.4 is 0 Å². The van der Waals surface area contributed by atoms with Gasteiger partial charge in [-0.1, -0.05) is 53.2 Å². The summed E-state index contributed by atoms with van der Waals surface area (Å²) in [6.45, 7) is 6.43. The monoisotopic (exact) mass is 265 g/mol. The lowest BCUT2D eigenvalue weighted by molar-refractivity contribution is 0.0848. The number of hydrogen-bond acceptors (Lipinski definition) is 2. The zero-order valence-corrected chi connectivity index (χ0v) is 12.2. The van der Waals surface area contributed by atoms with Crippen molar-refractivity contribution in [3.8, 4) is 0 Å². The molecule has 1 unspecified atom stereocenters. The zero-order valence-electron chi connectivity index (χ0n) is 12.2. The molecule has 102 valence electrons. The number of rotatable bonds is 2. The molecular formula is C18H19NO. The van der Waals surface area contributed by atoms with E-state index in [9.17, 15) is 0 Å². The minimum atomic E-state index is 0.0470. The molecule has 0 saturated carbocycles. The third-order valence-corrected chi connectivity index (χ3v) is 3.84. The minimum Gasteiger partial charge on any atom is -0.387 e. The molecule has 0 amide bonds. The van der Waals surface area contributed by atoms with E-state index in [0.29, 0.717) is 0 Å². The van der Waals surface area contributed by atoms with E-state index in [-0.39, 0.29) is 6.10 Å². The topological polar surface area (TPSA) is 21.6 Å². The van der Waals surface area contributed by atoms with Crippen LogP contribution >= 0.6 is 0 Å². The Balaban J connectivity index is 1.87. The van der Waals surface area contributed by atoms with E-state index in [1.807, 2.05) is 18.2 Å². The van der Waals surface area contributed by atoms with E-state index in [4.69, 9.17) is 4.84 Å². The predicted molar refractivity (Wildman–Crippen MR) is 82.1 cm³/mol. The fourth-order valence-corrected chi connectivity index (χ4v) is 3.03. The van der Waals surface area contributed by atoms with Gasteiger partial charge in [-0.25, -0.2) is 0 Å². The highest BCUT2D eigenvalue weighted by Gasteiger charge is 2.26. The van der Waals surface area contributed by atoms with E-state index in [1.165, 1.54) is 22.3 Å². The molecule has 2 aromatic rings. The average Bonchev–Trinajstić information content (AvgIpc) is 2.88. The van der Waals surface area contributed by atoms with E-state index >= 15 is 0 Å². The van der Waals surface area contributed by atoms with Gasteiger partial charge in [0.1, 0.15) is 0 Å². The van der Waals surface area contributed by atoms with Gasteiger partial charge in [-0.05, 0) is 37.5 Å². The Morgan fingerprint density at radius 2 is 1.65 bits per heavy atom. The lowest BCUT2D eigenvalue weighted by atomic mass is 9.92. The van der Waals surface area contributed by atoms with Crippen LogP contribution in [0.4, 0.5) is 0 Å². The Morgan fingerprint density at radius 3 is 2.30 bits per heavy atom. The molecule has 0 saturated heterocycles. The third kappa shape index (κ3) is 2.34. The Morgan fingerprint density at radius 1 is 1.00 bits per heavy atom. The molecule has 3 rings (SSSR count). The molecule has 0 spiro atoms. The summed E-state index contributed by atoms with van der Waals surface area (Å²) in [7, 11) is 0. The standard InChI is InChI=1S/C18H19NO/c1-12-9-13(2)18(14(3)10-12)17-11-16(19-20-17)15-7-5-4-6-8-15/h4-10,17H,11H2,1-3H3. The molecule has 2 heteroatoms. The van der Waals surface area contributed by atoms with Crippen molar-refractivity contribution >= 4 is 5.71 Å². The van der Waals surface area contributed by atoms with Crippen LogP contribution in [0.25, 0.3) is 0 Å². The van der Waals surface area contributed by atoms with Crippen LogP contribution in [-0.2, 0) is 4.84 Å². The van der Waals surface area contributed by atoms with Gasteiger partial charge in [0, 0.05) is 12.0 Å². The van der Waals surface area contributed by atoms with Gasteiger partial charge < -0.3 is 4.84 Å². The normalized spacial score (nSPS) is 17.8. The van der Waals surface area contributed by atoms with Crippen molar-refractivity contribution < 1.29 is 4.84 Å². The summed E-state index contributed by atoms with van der Waals surface area (Å²) in [5.41, 5.74) is 7.35. The number of oxime groups is 1. The lowest BCUT2D eigenvalue weighted by Crippen LogP contribution is -2.05. The van der Waals surface area contributed by atoms with Crippen LogP contribution in [0.15, 0.2) is 47.6 Å². The summed E-state index contributed by atoms with van der Waals surface area (Å²) in [6.07, 6.45) is 0.889. The number of nitrogens with zero attached hydrogens (tertiary/aromatic N) is 1. The van der Waals surface area contributed by atoms with Crippen molar-refractivity contribution in [1.82, 2.24) is 0 Å². The van der Waals surface area contributed by atoms with Crippen LogP contribution in [0.1, 0.15) is 40.3 Å². The SMILES string of the molecule is Cc1cc(C)c(C2CC(c3ccccc3)=NO2)c(C)c1. The van der Waals surface area contributed by atoms with Crippen molar-refractivity contribution in [2.45, 2.75) is 33.3 Å². The maximum atomic E-state index is 5.70. The second-order valence-corrected chi connectivity index (χ2v) is 5.51. The van der Waals surface area contributed by atoms with Gasteiger partial charge >= 0.3 is 0 Å². The summed E-state index contributed by atoms with van der Waals surface area (Å²) >= 11 is 0. The lowest BCUT2D eigenvalue weighted by Gasteiger charge is -2.16. The smallest absolute Gasteiger partial charge is 0.158 e. The van der Waals surface area contributed by atoms with Crippen molar-refractivity contribution in [2.24, 2.45) is 5.16 Å². The predicted octanol–water partition coefficient (Wildman–Crippen LogP) is 4.48. The van der Waals surface area contributed by atoms with Crippen molar-refractivity contribution in [1.29, 1.82) is 0 Å². The number of benzene rings is 2. The molecular weight excluding hydrogens is 246 g/mol. The van der Waals surface area contributed by atoms with Gasteiger partial charge in [0.15, 0.2) is 6.10 Å². The molecule has 1 aliphatic rings. The first kappa shape index (κ1) is 12.9. The molecule has 0 aliphatic carbocycles. The molecule has 0 N–H and O–H groups in total. The Kier molecular flexibility index (Phi) is 3.31. The van der Waals surface area contributed by atoms with Gasteiger partial charge in [0.2, 0.25) is 0 Å². The first-order valence-corrected chi connectivity index (χ1v) is 7.01. The van der Waals surface area contributed by atoms with Gasteiger partial charge in [0.25, 0.3) is 0 Å². The quantitative estimate of drug-likeness (QED) is 0.784. The van der Waals surface area contributed by atoms with Crippen molar-refractivity contribution in [2.75, 3.05) is 0 Å².